The third kappa shape index (κ3) is 3.44. The van der Waals surface area contributed by atoms with Gasteiger partial charge in [0.05, 0.1) is 11.6 Å². The van der Waals surface area contributed by atoms with Crippen molar-refractivity contribution >= 4 is 38.8 Å². The van der Waals surface area contributed by atoms with Gasteiger partial charge in [-0.3, -0.25) is 4.79 Å². The molecular weight excluding hydrogens is 362 g/mol. The highest BCUT2D eigenvalue weighted by atomic mass is 79.9. The quantitative estimate of drug-likeness (QED) is 0.890. The summed E-state index contributed by atoms with van der Waals surface area (Å²) in [6, 6.07) is 9.18. The number of rotatable bonds is 3. The number of fused-ring (bicyclic) bond motifs is 1. The lowest BCUT2D eigenvalue weighted by molar-refractivity contribution is 0.0642. The van der Waals surface area contributed by atoms with Gasteiger partial charge in [0.15, 0.2) is 0 Å². The second kappa shape index (κ2) is 6.54. The Bertz CT molecular complexity index is 765. The van der Waals surface area contributed by atoms with E-state index in [0.29, 0.717) is 12.2 Å². The SMILES string of the molecule is NC(=O)OCC1CCCN1C(=O)c1ccc2cc(Br)ccc2n1. The Hall–Kier alpha value is -2.15. The van der Waals surface area contributed by atoms with Gasteiger partial charge in [0, 0.05) is 16.4 Å². The normalized spacial score (nSPS) is 17.4. The molecule has 1 aliphatic heterocycles. The second-order valence-corrected chi connectivity index (χ2v) is 6.37. The van der Waals surface area contributed by atoms with Crippen LogP contribution in [-0.2, 0) is 4.74 Å². The first-order chi connectivity index (χ1) is 11.0. The third-order valence-corrected chi connectivity index (χ3v) is 4.42. The number of pyridine rings is 1. The zero-order valence-electron chi connectivity index (χ0n) is 12.4. The Morgan fingerprint density at radius 3 is 2.96 bits per heavy atom. The summed E-state index contributed by atoms with van der Waals surface area (Å²) in [5.41, 5.74) is 6.16. The molecule has 23 heavy (non-hydrogen) atoms. The number of likely N-dealkylation sites (tertiary alicyclic amines) is 1. The molecule has 0 saturated carbocycles. The van der Waals surface area contributed by atoms with Crippen LogP contribution in [0.15, 0.2) is 34.8 Å². The molecule has 1 fully saturated rings. The van der Waals surface area contributed by atoms with Gasteiger partial charge in [-0.15, -0.1) is 0 Å². The molecule has 3 rings (SSSR count). The van der Waals surface area contributed by atoms with Gasteiger partial charge in [-0.25, -0.2) is 9.78 Å². The molecule has 1 aromatic heterocycles. The zero-order chi connectivity index (χ0) is 16.4. The van der Waals surface area contributed by atoms with Crippen molar-refractivity contribution in [3.8, 4) is 0 Å². The number of aromatic nitrogens is 1. The average Bonchev–Trinajstić information content (AvgIpc) is 3.00. The molecule has 2 amide bonds. The summed E-state index contributed by atoms with van der Waals surface area (Å²) in [7, 11) is 0. The Balaban J connectivity index is 1.81. The molecule has 1 unspecified atom stereocenters. The smallest absolute Gasteiger partial charge is 0.404 e. The minimum Gasteiger partial charge on any atom is -0.448 e. The van der Waals surface area contributed by atoms with E-state index in [2.05, 4.69) is 20.9 Å². The molecule has 1 atom stereocenters. The number of hydrogen-bond acceptors (Lipinski definition) is 4. The summed E-state index contributed by atoms with van der Waals surface area (Å²) >= 11 is 3.42. The molecular formula is C16H16BrN3O3. The minimum atomic E-state index is -0.821. The molecule has 1 saturated heterocycles. The highest BCUT2D eigenvalue weighted by Crippen LogP contribution is 2.22. The first kappa shape index (κ1) is 15.7. The van der Waals surface area contributed by atoms with Gasteiger partial charge in [-0.2, -0.15) is 0 Å². The van der Waals surface area contributed by atoms with Crippen LogP contribution in [0.4, 0.5) is 4.79 Å². The van der Waals surface area contributed by atoms with E-state index in [-0.39, 0.29) is 18.6 Å². The molecule has 120 valence electrons. The number of nitrogens with zero attached hydrogens (tertiary/aromatic N) is 2. The first-order valence-corrected chi connectivity index (χ1v) is 8.13. The lowest BCUT2D eigenvalue weighted by Gasteiger charge is -2.23. The van der Waals surface area contributed by atoms with Crippen molar-refractivity contribution < 1.29 is 14.3 Å². The number of carbonyl (C=O) groups excluding carboxylic acids is 2. The Morgan fingerprint density at radius 1 is 1.35 bits per heavy atom. The number of ether oxygens (including phenoxy) is 1. The summed E-state index contributed by atoms with van der Waals surface area (Å²) in [5, 5.41) is 0.964. The second-order valence-electron chi connectivity index (χ2n) is 5.46. The van der Waals surface area contributed by atoms with Crippen molar-refractivity contribution in [1.82, 2.24) is 9.88 Å². The maximum atomic E-state index is 12.7. The van der Waals surface area contributed by atoms with Crippen molar-refractivity contribution in [3.05, 3.63) is 40.5 Å². The molecule has 0 aliphatic carbocycles. The molecule has 0 bridgehead atoms. The van der Waals surface area contributed by atoms with Gasteiger partial charge in [0.2, 0.25) is 0 Å². The molecule has 1 aromatic carbocycles. The number of halogens is 1. The third-order valence-electron chi connectivity index (χ3n) is 3.93. The first-order valence-electron chi connectivity index (χ1n) is 7.34. The minimum absolute atomic E-state index is 0.127. The summed E-state index contributed by atoms with van der Waals surface area (Å²) in [6.07, 6.45) is 0.845. The van der Waals surface area contributed by atoms with Crippen LogP contribution in [0.3, 0.4) is 0 Å². The molecule has 0 spiro atoms. The molecule has 7 heteroatoms. The van der Waals surface area contributed by atoms with E-state index >= 15 is 0 Å². The maximum Gasteiger partial charge on any atom is 0.404 e. The van der Waals surface area contributed by atoms with Crippen molar-refractivity contribution in [3.63, 3.8) is 0 Å². The number of benzene rings is 1. The van der Waals surface area contributed by atoms with Crippen LogP contribution in [0.2, 0.25) is 0 Å². The van der Waals surface area contributed by atoms with Crippen molar-refractivity contribution in [2.45, 2.75) is 18.9 Å². The monoisotopic (exact) mass is 377 g/mol. The number of carbonyl (C=O) groups is 2. The van der Waals surface area contributed by atoms with Gasteiger partial charge in [-0.1, -0.05) is 22.0 Å². The van der Waals surface area contributed by atoms with Gasteiger partial charge in [0.25, 0.3) is 5.91 Å². The largest absolute Gasteiger partial charge is 0.448 e. The Morgan fingerprint density at radius 2 is 2.17 bits per heavy atom. The fourth-order valence-electron chi connectivity index (χ4n) is 2.82. The number of hydrogen-bond donors (Lipinski definition) is 1. The lowest BCUT2D eigenvalue weighted by atomic mass is 10.2. The van der Waals surface area contributed by atoms with E-state index in [1.165, 1.54) is 0 Å². The van der Waals surface area contributed by atoms with E-state index in [9.17, 15) is 9.59 Å². The fraction of sp³-hybridized carbons (Fsp3) is 0.312. The summed E-state index contributed by atoms with van der Waals surface area (Å²) < 4.78 is 5.81. The number of primary amides is 1. The topological polar surface area (TPSA) is 85.5 Å². The van der Waals surface area contributed by atoms with Crippen molar-refractivity contribution in [1.29, 1.82) is 0 Å². The van der Waals surface area contributed by atoms with Gasteiger partial charge in [-0.05, 0) is 37.1 Å². The Labute approximate surface area is 141 Å². The van der Waals surface area contributed by atoms with Crippen LogP contribution in [-0.4, -0.2) is 41.1 Å². The van der Waals surface area contributed by atoms with Crippen LogP contribution in [0, 0.1) is 0 Å². The standard InChI is InChI=1S/C16H16BrN3O3/c17-11-4-6-13-10(8-11)3-5-14(19-13)15(21)20-7-1-2-12(20)9-23-16(18)22/h3-6,8,12H,1-2,7,9H2,(H2,18,22). The fourth-order valence-corrected chi connectivity index (χ4v) is 3.20. The predicted octanol–water partition coefficient (Wildman–Crippen LogP) is 2.70. The molecule has 6 nitrogen and oxygen atoms in total. The number of amides is 2. The number of nitrogens with two attached hydrogens (primary N) is 1. The van der Waals surface area contributed by atoms with Crippen LogP contribution < -0.4 is 5.73 Å². The molecule has 2 N–H and O–H groups in total. The summed E-state index contributed by atoms with van der Waals surface area (Å²) in [5.74, 6) is -0.148. The van der Waals surface area contributed by atoms with Crippen LogP contribution in [0.25, 0.3) is 10.9 Å². The average molecular weight is 378 g/mol. The van der Waals surface area contributed by atoms with E-state index < -0.39 is 6.09 Å². The lowest BCUT2D eigenvalue weighted by Crippen LogP contribution is -2.39. The van der Waals surface area contributed by atoms with E-state index in [1.54, 1.807) is 11.0 Å². The van der Waals surface area contributed by atoms with Crippen molar-refractivity contribution in [2.75, 3.05) is 13.2 Å². The van der Waals surface area contributed by atoms with Gasteiger partial charge in [0.1, 0.15) is 12.3 Å². The van der Waals surface area contributed by atoms with Crippen molar-refractivity contribution in [2.24, 2.45) is 5.73 Å². The molecule has 2 aromatic rings. The van der Waals surface area contributed by atoms with Crippen LogP contribution in [0.1, 0.15) is 23.3 Å². The maximum absolute atomic E-state index is 12.7. The van der Waals surface area contributed by atoms with Gasteiger partial charge >= 0.3 is 6.09 Å². The Kier molecular flexibility index (Phi) is 4.47. The summed E-state index contributed by atoms with van der Waals surface area (Å²) in [4.78, 5) is 29.6. The zero-order valence-corrected chi connectivity index (χ0v) is 14.0. The van der Waals surface area contributed by atoms with E-state index in [4.69, 9.17) is 10.5 Å². The van der Waals surface area contributed by atoms with Gasteiger partial charge < -0.3 is 15.4 Å². The predicted molar refractivity (Wildman–Crippen MR) is 89.0 cm³/mol. The molecule has 2 heterocycles. The summed E-state index contributed by atoms with van der Waals surface area (Å²) in [6.45, 7) is 0.757. The molecule has 0 radical (unpaired) electrons. The van der Waals surface area contributed by atoms with E-state index in [0.717, 1.165) is 28.2 Å². The molecule has 1 aliphatic rings. The highest BCUT2D eigenvalue weighted by Gasteiger charge is 2.30. The van der Waals surface area contributed by atoms with Crippen LogP contribution in [0.5, 0.6) is 0 Å². The highest BCUT2D eigenvalue weighted by molar-refractivity contribution is 9.10. The van der Waals surface area contributed by atoms with Crippen LogP contribution >= 0.6 is 15.9 Å². The van der Waals surface area contributed by atoms with E-state index in [1.807, 2.05) is 24.3 Å².